The average Bonchev–Trinajstić information content (AvgIpc) is 3.29. The Morgan fingerprint density at radius 2 is 1.23 bits per heavy atom. The lowest BCUT2D eigenvalue weighted by Crippen LogP contribution is -2.58. The molecule has 0 fully saturated rings. The molecule has 0 spiro atoms. The fraction of sp³-hybridized carbons (Fsp3) is 0.600. The van der Waals surface area contributed by atoms with Gasteiger partial charge >= 0.3 is 19.5 Å². The number of carboxylic acids is 2. The molecule has 8 amide bonds. The zero-order valence-corrected chi connectivity index (χ0v) is 37.0. The van der Waals surface area contributed by atoms with E-state index in [2.05, 4.69) is 31.9 Å². The molecule has 0 saturated heterocycles. The molecule has 0 aliphatic rings. The van der Waals surface area contributed by atoms with Crippen molar-refractivity contribution in [1.82, 2.24) is 42.5 Å². The minimum Gasteiger partial charge on any atom is -0.481 e. The number of aliphatic carboxylic acids is 2. The Hall–Kier alpha value is -6.01. The molecule has 0 saturated carbocycles. The van der Waals surface area contributed by atoms with Crippen LogP contribution in [0, 0.1) is 5.41 Å². The van der Waals surface area contributed by atoms with Crippen LogP contribution < -0.4 is 48.3 Å². The number of nitrogens with two attached hydrogens (primary N) is 1. The molecule has 9 atom stereocenters. The molecule has 0 aliphatic heterocycles. The molecule has 13 N–H and O–H groups in total. The largest absolute Gasteiger partial charge is 0.481 e. The van der Waals surface area contributed by atoms with Gasteiger partial charge < -0.3 is 72.6 Å². The van der Waals surface area contributed by atoms with Crippen molar-refractivity contribution in [3.05, 3.63) is 35.9 Å². The highest BCUT2D eigenvalue weighted by molar-refractivity contribution is 7.53. The highest BCUT2D eigenvalue weighted by Crippen LogP contribution is 2.47. The quantitative estimate of drug-likeness (QED) is 0.0372. The van der Waals surface area contributed by atoms with Crippen LogP contribution in [0.5, 0.6) is 0 Å². The van der Waals surface area contributed by atoms with Crippen LogP contribution in [0.3, 0.4) is 0 Å². The van der Waals surface area contributed by atoms with Gasteiger partial charge in [0, 0.05) is 29.5 Å². The average molecular weight is 970 g/mol. The number of carbonyl (C=O) groups is 10. The van der Waals surface area contributed by atoms with Crippen molar-refractivity contribution in [3.8, 4) is 0 Å². The molecule has 2 unspecified atom stereocenters. The molecule has 1 aromatic rings. The maximum absolute atomic E-state index is 14.0. The number of hydrogen-bond acceptors (Lipinski definition) is 15. The Morgan fingerprint density at radius 3 is 1.79 bits per heavy atom. The molecule has 1 aromatic carbocycles. The lowest BCUT2D eigenvalue weighted by atomic mass is 9.91. The van der Waals surface area contributed by atoms with Gasteiger partial charge in [0.2, 0.25) is 47.3 Å². The van der Waals surface area contributed by atoms with Crippen LogP contribution in [0.25, 0.3) is 0 Å². The number of carboxylic acid groups (broad SMARTS) is 2. The van der Waals surface area contributed by atoms with E-state index in [4.69, 9.17) is 41.4 Å². The van der Waals surface area contributed by atoms with Gasteiger partial charge in [-0.15, -0.1) is 0 Å². The lowest BCUT2D eigenvalue weighted by Gasteiger charge is -2.30. The molecule has 0 aliphatic carbocycles. The predicted octanol–water partition coefficient (Wildman–Crippen LogP) is -3.01. The molecule has 370 valence electrons. The smallest absolute Gasteiger partial charge is 0.328 e. The van der Waals surface area contributed by atoms with Crippen LogP contribution in [0.15, 0.2) is 30.3 Å². The summed E-state index contributed by atoms with van der Waals surface area (Å²) >= 11 is 0. The van der Waals surface area contributed by atoms with Gasteiger partial charge in [0.1, 0.15) is 36.3 Å². The first-order valence-corrected chi connectivity index (χ1v) is 21.6. The van der Waals surface area contributed by atoms with Crippen molar-refractivity contribution in [1.29, 1.82) is 0 Å². The van der Waals surface area contributed by atoms with Gasteiger partial charge in [0.25, 0.3) is 0 Å². The Morgan fingerprint density at radius 1 is 0.712 bits per heavy atom. The Bertz CT molecular complexity index is 2330. The summed E-state index contributed by atoms with van der Waals surface area (Å²) in [6.45, 7) is -17.2. The Kier molecular flexibility index (Phi) is 16.8. The minimum absolute atomic E-state index is 0.0440. The minimum atomic E-state index is -5.37. The second-order valence-electron chi connectivity index (χ2n) is 14.5. The van der Waals surface area contributed by atoms with Crippen LogP contribution in [0.4, 0.5) is 0 Å². The summed E-state index contributed by atoms with van der Waals surface area (Å²) in [4.78, 5) is 127. The number of benzene rings is 1. The second kappa shape index (κ2) is 27.5. The van der Waals surface area contributed by atoms with E-state index in [-0.39, 0.29) is 6.42 Å². The SMILES string of the molecule is [2H]C([2H])([2H])C(OP(C)(=O)OC[C@H](NC(=O)[C@H](CCC(=O)O)NC(=O)CNC(=O)[C@@H](N)Cc1ccccc1)C(=O)N[C@@H](C)C(=O)NCC(=O)N[C@@H](C)C(=O)N[C@@H](C)C(=O)N[C@@H](CO)C(=O)O)C(C([2H])([2H])[2H])(C([2H])([2H])[2H])C([2H])([2H])[2H]. The van der Waals surface area contributed by atoms with E-state index in [1.54, 1.807) is 30.3 Å². The Balaban J connectivity index is 3.50. The van der Waals surface area contributed by atoms with Crippen LogP contribution in [0.2, 0.25) is 0 Å². The van der Waals surface area contributed by atoms with Gasteiger partial charge in [0.05, 0.1) is 38.4 Å². The third kappa shape index (κ3) is 22.3. The number of rotatable bonds is 28. The third-order valence-corrected chi connectivity index (χ3v) is 9.86. The van der Waals surface area contributed by atoms with Gasteiger partial charge in [-0.2, -0.15) is 0 Å². The zero-order valence-electron chi connectivity index (χ0n) is 48.1. The number of aliphatic hydroxyl groups is 1. The van der Waals surface area contributed by atoms with Crippen LogP contribution in [-0.2, 0) is 68.0 Å². The van der Waals surface area contributed by atoms with Crippen molar-refractivity contribution in [2.45, 2.75) is 116 Å². The van der Waals surface area contributed by atoms with Crippen molar-refractivity contribution < 1.29 is 93.3 Å². The lowest BCUT2D eigenvalue weighted by molar-refractivity contribution is -0.143. The predicted molar refractivity (Wildman–Crippen MR) is 234 cm³/mol. The van der Waals surface area contributed by atoms with E-state index in [9.17, 15) is 57.6 Å². The molecule has 0 bridgehead atoms. The highest BCUT2D eigenvalue weighted by Gasteiger charge is 2.34. The summed E-state index contributed by atoms with van der Waals surface area (Å²) in [6.07, 6.45) is -4.99. The fourth-order valence-electron chi connectivity index (χ4n) is 4.95. The van der Waals surface area contributed by atoms with Gasteiger partial charge in [-0.3, -0.25) is 47.7 Å². The zero-order chi connectivity index (χ0) is 60.5. The summed E-state index contributed by atoms with van der Waals surface area (Å²) in [5.41, 5.74) is 2.31. The number of nitrogens with one attached hydrogen (secondary N) is 8. The fourth-order valence-corrected chi connectivity index (χ4v) is 5.97. The summed E-state index contributed by atoms with van der Waals surface area (Å²) in [5.74, 6) is -12.1. The summed E-state index contributed by atoms with van der Waals surface area (Å²) in [5, 5.41) is 44.5. The van der Waals surface area contributed by atoms with E-state index in [0.29, 0.717) is 12.2 Å². The van der Waals surface area contributed by atoms with Crippen LogP contribution in [0.1, 0.15) is 83.0 Å². The van der Waals surface area contributed by atoms with Crippen molar-refractivity contribution in [2.24, 2.45) is 11.1 Å². The third-order valence-electron chi connectivity index (χ3n) is 8.65. The van der Waals surface area contributed by atoms with E-state index in [0.717, 1.165) is 20.8 Å². The molecule has 25 nitrogen and oxygen atoms in total. The molecule has 0 aromatic heterocycles. The number of carbonyl (C=O) groups excluding carboxylic acids is 8. The number of amides is 8. The van der Waals surface area contributed by atoms with E-state index in [1.807, 2.05) is 10.6 Å². The maximum atomic E-state index is 14.0. The van der Waals surface area contributed by atoms with E-state index >= 15 is 0 Å². The number of aliphatic hydroxyl groups excluding tert-OH is 1. The normalized spacial score (nSPS) is 19.2. The highest BCUT2D eigenvalue weighted by atomic mass is 31.2. The van der Waals surface area contributed by atoms with Gasteiger partial charge in [-0.1, -0.05) is 50.9 Å². The van der Waals surface area contributed by atoms with Crippen molar-refractivity contribution >= 4 is 66.8 Å². The summed E-state index contributed by atoms with van der Waals surface area (Å²) in [7, 11) is -5.37. The Labute approximate surface area is 398 Å². The summed E-state index contributed by atoms with van der Waals surface area (Å²) in [6, 6.07) is -3.08. The molecule has 0 heterocycles. The van der Waals surface area contributed by atoms with Crippen LogP contribution >= 0.6 is 7.60 Å². The maximum Gasteiger partial charge on any atom is 0.328 e. The first-order valence-electron chi connectivity index (χ1n) is 25.6. The standard InChI is InChI=1S/C40H64N9O16P/c1-21(33(55)42-17-30(51)44-22(2)34(56)45-23(3)35(57)48-28(19-50)39(61)62)46-38(60)29(20-64-66(8,63)65-24(4)40(5,6)7)49-37(59)27(14-15-32(53)54)47-31(52)18-43-36(58)26(41)16-25-12-10-9-11-13-25/h9-13,21-24,26-29,50H,14-20,41H2,1-8H3,(H,42,55)(H,43,58)(H,44,51)(H,45,56)(H,46,60)(H,47,52)(H,48,57)(H,49,59)(H,53,54)(H,61,62)/t21-,22-,23-,24?,26-,27-,28-,29-,66?/m0/s1/i4D3,5D3,6D3,7D3. The van der Waals surface area contributed by atoms with Gasteiger partial charge in [-0.25, -0.2) is 4.79 Å². The molecular formula is C40H64N9O16P. The van der Waals surface area contributed by atoms with Gasteiger partial charge in [0.15, 0.2) is 0 Å². The molecule has 26 heteroatoms. The molecule has 0 radical (unpaired) electrons. The van der Waals surface area contributed by atoms with Gasteiger partial charge in [-0.05, 0) is 51.4 Å². The topological polar surface area (TPSA) is 389 Å². The molecule has 1 rings (SSSR count). The summed E-state index contributed by atoms with van der Waals surface area (Å²) < 4.78 is 120. The molecule has 66 heavy (non-hydrogen) atoms. The van der Waals surface area contributed by atoms with E-state index < -0.39 is 187 Å². The first kappa shape index (κ1) is 40.3. The van der Waals surface area contributed by atoms with E-state index in [1.165, 1.54) is 0 Å². The van der Waals surface area contributed by atoms with Crippen LogP contribution in [-0.4, -0.2) is 156 Å². The second-order valence-corrected chi connectivity index (χ2v) is 16.5. The monoisotopic (exact) mass is 969 g/mol. The van der Waals surface area contributed by atoms with Crippen molar-refractivity contribution in [3.63, 3.8) is 0 Å². The molecular weight excluding hydrogens is 893 g/mol. The number of hydrogen-bond donors (Lipinski definition) is 12. The van der Waals surface area contributed by atoms with Crippen molar-refractivity contribution in [2.75, 3.05) is 33.0 Å². The first-order chi connectivity index (χ1) is 35.5.